The van der Waals surface area contributed by atoms with Crippen LogP contribution in [0, 0.1) is 0 Å². The van der Waals surface area contributed by atoms with Crippen LogP contribution in [0.4, 0.5) is 5.69 Å². The second kappa shape index (κ2) is 6.39. The molecule has 19 heavy (non-hydrogen) atoms. The van der Waals surface area contributed by atoms with Gasteiger partial charge in [-0.05, 0) is 44.0 Å². The van der Waals surface area contributed by atoms with E-state index in [1.54, 1.807) is 0 Å². The summed E-state index contributed by atoms with van der Waals surface area (Å²) < 4.78 is 0. The summed E-state index contributed by atoms with van der Waals surface area (Å²) in [6, 6.07) is 18.9. The Morgan fingerprint density at radius 1 is 0.947 bits per heavy atom. The zero-order chi connectivity index (χ0) is 13.7. The Labute approximate surface area is 115 Å². The van der Waals surface area contributed by atoms with Gasteiger partial charge in [-0.3, -0.25) is 9.90 Å². The molecule has 2 nitrogen and oxygen atoms in total. The Kier molecular flexibility index (Phi) is 4.58. The summed E-state index contributed by atoms with van der Waals surface area (Å²) in [7, 11) is 0. The number of rotatable bonds is 5. The summed E-state index contributed by atoms with van der Waals surface area (Å²) in [4.78, 5) is 5.81. The molecule has 0 aromatic heterocycles. The van der Waals surface area contributed by atoms with Gasteiger partial charge in [0, 0.05) is 6.54 Å². The van der Waals surface area contributed by atoms with Gasteiger partial charge in [-0.25, -0.2) is 0 Å². The van der Waals surface area contributed by atoms with Gasteiger partial charge in [0.15, 0.2) is 0 Å². The fourth-order valence-electron chi connectivity index (χ4n) is 2.04. The van der Waals surface area contributed by atoms with E-state index in [4.69, 9.17) is 4.84 Å². The molecule has 0 N–H and O–H groups in total. The molecule has 2 aromatic carbocycles. The highest BCUT2D eigenvalue weighted by Crippen LogP contribution is 2.25. The summed E-state index contributed by atoms with van der Waals surface area (Å²) >= 11 is 0. The van der Waals surface area contributed by atoms with E-state index < -0.39 is 0 Å². The summed E-state index contributed by atoms with van der Waals surface area (Å²) in [5.74, 6) is 0. The summed E-state index contributed by atoms with van der Waals surface area (Å²) in [6.07, 6.45) is 0.181. The van der Waals surface area contributed by atoms with Crippen molar-refractivity contribution in [2.75, 3.05) is 11.6 Å². The molecule has 0 bridgehead atoms. The van der Waals surface area contributed by atoms with E-state index in [1.165, 1.54) is 11.1 Å². The minimum absolute atomic E-state index is 0.181. The molecule has 0 aliphatic carbocycles. The molecule has 0 amide bonds. The van der Waals surface area contributed by atoms with Crippen molar-refractivity contribution in [1.29, 1.82) is 0 Å². The second-order valence-corrected chi connectivity index (χ2v) is 4.77. The van der Waals surface area contributed by atoms with Gasteiger partial charge >= 0.3 is 0 Å². The molecule has 2 heteroatoms. The van der Waals surface area contributed by atoms with E-state index in [-0.39, 0.29) is 6.10 Å². The summed E-state index contributed by atoms with van der Waals surface area (Å²) in [5, 5.41) is 1.94. The number of hydrogen-bond acceptors (Lipinski definition) is 2. The molecule has 0 aliphatic rings. The Hall–Kier alpha value is -1.80. The predicted molar refractivity (Wildman–Crippen MR) is 81.1 cm³/mol. The van der Waals surface area contributed by atoms with Crippen LogP contribution in [-0.2, 0) is 4.84 Å². The predicted octanol–water partition coefficient (Wildman–Crippen LogP) is 4.52. The normalized spacial score (nSPS) is 10.7. The summed E-state index contributed by atoms with van der Waals surface area (Å²) in [6.45, 7) is 7.02. The van der Waals surface area contributed by atoms with Crippen LogP contribution in [0.15, 0.2) is 54.6 Å². The van der Waals surface area contributed by atoms with E-state index in [9.17, 15) is 0 Å². The first-order chi connectivity index (χ1) is 9.20. The maximum Gasteiger partial charge on any atom is 0.0800 e. The third-order valence-corrected chi connectivity index (χ3v) is 2.87. The van der Waals surface area contributed by atoms with Crippen LogP contribution in [0.1, 0.15) is 20.8 Å². The van der Waals surface area contributed by atoms with Crippen LogP contribution in [0.5, 0.6) is 0 Å². The molecular formula is C17H21NO. The van der Waals surface area contributed by atoms with Crippen LogP contribution in [0.3, 0.4) is 0 Å². The van der Waals surface area contributed by atoms with Crippen LogP contribution >= 0.6 is 0 Å². The van der Waals surface area contributed by atoms with E-state index in [0.29, 0.717) is 0 Å². The first kappa shape index (κ1) is 13.6. The van der Waals surface area contributed by atoms with Gasteiger partial charge in [-0.15, -0.1) is 0 Å². The maximum absolute atomic E-state index is 5.81. The highest BCUT2D eigenvalue weighted by Gasteiger charge is 2.08. The van der Waals surface area contributed by atoms with Crippen molar-refractivity contribution in [2.24, 2.45) is 0 Å². The Morgan fingerprint density at radius 3 is 2.26 bits per heavy atom. The molecule has 0 unspecified atom stereocenters. The smallest absolute Gasteiger partial charge is 0.0800 e. The fraction of sp³-hybridized carbons (Fsp3) is 0.294. The van der Waals surface area contributed by atoms with E-state index >= 15 is 0 Å². The molecule has 0 spiro atoms. The highest BCUT2D eigenvalue weighted by atomic mass is 16.7. The third kappa shape index (κ3) is 3.58. The molecule has 0 saturated carbocycles. The number of anilines is 1. The average molecular weight is 255 g/mol. The minimum atomic E-state index is 0.181. The standard InChI is InChI=1S/C17H21NO/c1-4-18(19-14(2)3)17-12-8-11-16(13-17)15-9-6-5-7-10-15/h5-14H,4H2,1-3H3. The monoisotopic (exact) mass is 255 g/mol. The molecule has 2 rings (SSSR count). The average Bonchev–Trinajstić information content (AvgIpc) is 2.45. The van der Waals surface area contributed by atoms with Gasteiger partial charge in [-0.1, -0.05) is 42.5 Å². The lowest BCUT2D eigenvalue weighted by Crippen LogP contribution is -2.26. The van der Waals surface area contributed by atoms with E-state index in [1.807, 2.05) is 25.0 Å². The quantitative estimate of drug-likeness (QED) is 0.728. The number of hydrogen-bond donors (Lipinski definition) is 0. The lowest BCUT2D eigenvalue weighted by Gasteiger charge is -2.25. The van der Waals surface area contributed by atoms with Gasteiger partial charge in [0.2, 0.25) is 0 Å². The second-order valence-electron chi connectivity index (χ2n) is 4.77. The van der Waals surface area contributed by atoms with Crippen molar-refractivity contribution in [2.45, 2.75) is 26.9 Å². The first-order valence-corrected chi connectivity index (χ1v) is 6.80. The maximum atomic E-state index is 5.81. The van der Waals surface area contributed by atoms with E-state index in [2.05, 4.69) is 55.5 Å². The van der Waals surface area contributed by atoms with Crippen LogP contribution in [0.25, 0.3) is 11.1 Å². The van der Waals surface area contributed by atoms with Gasteiger partial charge in [0.1, 0.15) is 0 Å². The third-order valence-electron chi connectivity index (χ3n) is 2.87. The molecule has 0 radical (unpaired) electrons. The molecule has 100 valence electrons. The molecule has 0 fully saturated rings. The molecule has 0 aliphatic heterocycles. The van der Waals surface area contributed by atoms with Crippen LogP contribution in [0.2, 0.25) is 0 Å². The SMILES string of the molecule is CCN(OC(C)C)c1cccc(-c2ccccc2)c1. The van der Waals surface area contributed by atoms with Gasteiger partial charge in [0.25, 0.3) is 0 Å². The minimum Gasteiger partial charge on any atom is -0.271 e. The Morgan fingerprint density at radius 2 is 1.63 bits per heavy atom. The fourth-order valence-corrected chi connectivity index (χ4v) is 2.04. The number of hydroxylamine groups is 1. The van der Waals surface area contributed by atoms with Crippen LogP contribution in [-0.4, -0.2) is 12.6 Å². The first-order valence-electron chi connectivity index (χ1n) is 6.80. The van der Waals surface area contributed by atoms with Gasteiger partial charge in [-0.2, -0.15) is 0 Å². The van der Waals surface area contributed by atoms with E-state index in [0.717, 1.165) is 12.2 Å². The van der Waals surface area contributed by atoms with Crippen molar-refractivity contribution in [3.8, 4) is 11.1 Å². The molecular weight excluding hydrogens is 234 g/mol. The molecule has 0 atom stereocenters. The molecule has 0 heterocycles. The van der Waals surface area contributed by atoms with Crippen LogP contribution < -0.4 is 5.06 Å². The van der Waals surface area contributed by atoms with Crippen molar-refractivity contribution in [1.82, 2.24) is 0 Å². The van der Waals surface area contributed by atoms with Crippen molar-refractivity contribution >= 4 is 5.69 Å². The summed E-state index contributed by atoms with van der Waals surface area (Å²) in [5.41, 5.74) is 3.53. The molecule has 0 saturated heterocycles. The Balaban J connectivity index is 2.28. The van der Waals surface area contributed by atoms with Gasteiger partial charge < -0.3 is 0 Å². The molecule has 2 aromatic rings. The Bertz CT molecular complexity index is 508. The topological polar surface area (TPSA) is 12.5 Å². The van der Waals surface area contributed by atoms with Crippen molar-refractivity contribution in [3.63, 3.8) is 0 Å². The number of nitrogens with zero attached hydrogens (tertiary/aromatic N) is 1. The highest BCUT2D eigenvalue weighted by molar-refractivity contribution is 5.68. The largest absolute Gasteiger partial charge is 0.271 e. The van der Waals surface area contributed by atoms with Crippen molar-refractivity contribution in [3.05, 3.63) is 54.6 Å². The lowest BCUT2D eigenvalue weighted by molar-refractivity contribution is 0.0581. The van der Waals surface area contributed by atoms with Gasteiger partial charge in [0.05, 0.1) is 11.8 Å². The lowest BCUT2D eigenvalue weighted by atomic mass is 10.1. The number of benzene rings is 2. The van der Waals surface area contributed by atoms with Crippen molar-refractivity contribution < 1.29 is 4.84 Å². The zero-order valence-electron chi connectivity index (χ0n) is 11.8. The zero-order valence-corrected chi connectivity index (χ0v) is 11.8.